The van der Waals surface area contributed by atoms with Crippen LogP contribution in [-0.2, 0) is 11.2 Å². The fourth-order valence-electron chi connectivity index (χ4n) is 1.68. The second-order valence-corrected chi connectivity index (χ2v) is 4.18. The van der Waals surface area contributed by atoms with E-state index in [2.05, 4.69) is 6.92 Å². The zero-order valence-corrected chi connectivity index (χ0v) is 11.5. The summed E-state index contributed by atoms with van der Waals surface area (Å²) in [7, 11) is 1.64. The first-order valence-corrected chi connectivity index (χ1v) is 6.52. The van der Waals surface area contributed by atoms with Crippen molar-refractivity contribution in [2.45, 2.75) is 39.5 Å². The molecule has 0 aromatic heterocycles. The first kappa shape index (κ1) is 14.6. The Balaban J connectivity index is 2.49. The van der Waals surface area contributed by atoms with Gasteiger partial charge in [-0.2, -0.15) is 0 Å². The summed E-state index contributed by atoms with van der Waals surface area (Å²) in [5.74, 6) is 1.79. The summed E-state index contributed by atoms with van der Waals surface area (Å²) in [4.78, 5) is 11.1. The van der Waals surface area contributed by atoms with E-state index in [0.29, 0.717) is 19.4 Å². The SMILES string of the molecule is CCC(=O)CCCOc1ccc(CC)cc1OC. The summed E-state index contributed by atoms with van der Waals surface area (Å²) in [5.41, 5.74) is 1.22. The lowest BCUT2D eigenvalue weighted by molar-refractivity contribution is -0.118. The molecule has 0 N–H and O–H groups in total. The molecule has 1 aromatic carbocycles. The molecule has 0 aliphatic rings. The number of hydrogen-bond acceptors (Lipinski definition) is 3. The van der Waals surface area contributed by atoms with E-state index in [1.54, 1.807) is 7.11 Å². The first-order valence-electron chi connectivity index (χ1n) is 6.52. The topological polar surface area (TPSA) is 35.5 Å². The average Bonchev–Trinajstić information content (AvgIpc) is 2.43. The Labute approximate surface area is 109 Å². The molecule has 0 amide bonds. The van der Waals surface area contributed by atoms with Crippen LogP contribution in [0.5, 0.6) is 11.5 Å². The number of carbonyl (C=O) groups excluding carboxylic acids is 1. The van der Waals surface area contributed by atoms with Gasteiger partial charge in [0.05, 0.1) is 13.7 Å². The summed E-state index contributed by atoms with van der Waals surface area (Å²) in [6.45, 7) is 4.54. The second kappa shape index (κ2) is 7.75. The van der Waals surface area contributed by atoms with E-state index in [1.165, 1.54) is 5.56 Å². The molecule has 0 aliphatic heterocycles. The smallest absolute Gasteiger partial charge is 0.161 e. The number of carbonyl (C=O) groups is 1. The summed E-state index contributed by atoms with van der Waals surface area (Å²) in [5, 5.41) is 0. The summed E-state index contributed by atoms with van der Waals surface area (Å²) in [6.07, 6.45) is 2.92. The van der Waals surface area contributed by atoms with E-state index >= 15 is 0 Å². The maximum atomic E-state index is 11.1. The van der Waals surface area contributed by atoms with Crippen LogP contribution in [0.25, 0.3) is 0 Å². The normalized spacial score (nSPS) is 10.2. The molecule has 3 nitrogen and oxygen atoms in total. The molecule has 3 heteroatoms. The molecule has 0 saturated carbocycles. The van der Waals surface area contributed by atoms with Gasteiger partial charge >= 0.3 is 0 Å². The fraction of sp³-hybridized carbons (Fsp3) is 0.533. The third-order valence-corrected chi connectivity index (χ3v) is 2.89. The number of ketones is 1. The number of methoxy groups -OCH3 is 1. The van der Waals surface area contributed by atoms with E-state index in [9.17, 15) is 4.79 Å². The van der Waals surface area contributed by atoms with Gasteiger partial charge in [-0.1, -0.05) is 19.9 Å². The van der Waals surface area contributed by atoms with Crippen molar-refractivity contribution in [3.8, 4) is 11.5 Å². The highest BCUT2D eigenvalue weighted by Crippen LogP contribution is 2.28. The number of Topliss-reactive ketones (excluding diaryl/α,β-unsaturated/α-hetero) is 1. The molecule has 18 heavy (non-hydrogen) atoms. The van der Waals surface area contributed by atoms with Crippen LogP contribution < -0.4 is 9.47 Å². The molecule has 0 atom stereocenters. The summed E-state index contributed by atoms with van der Waals surface area (Å²) in [6, 6.07) is 5.96. The van der Waals surface area contributed by atoms with Crippen molar-refractivity contribution in [1.82, 2.24) is 0 Å². The lowest BCUT2D eigenvalue weighted by atomic mass is 10.1. The Morgan fingerprint density at radius 3 is 2.61 bits per heavy atom. The average molecular weight is 250 g/mol. The molecule has 0 aliphatic carbocycles. The zero-order chi connectivity index (χ0) is 13.4. The molecule has 0 saturated heterocycles. The standard InChI is InChI=1S/C15H22O3/c1-4-12-8-9-14(15(11-12)17-3)18-10-6-7-13(16)5-2/h8-9,11H,4-7,10H2,1-3H3. The largest absolute Gasteiger partial charge is 0.493 e. The summed E-state index contributed by atoms with van der Waals surface area (Å²) >= 11 is 0. The van der Waals surface area contributed by atoms with Gasteiger partial charge < -0.3 is 9.47 Å². The van der Waals surface area contributed by atoms with E-state index in [0.717, 1.165) is 24.3 Å². The van der Waals surface area contributed by atoms with Gasteiger partial charge in [-0.25, -0.2) is 0 Å². The number of hydrogen-bond donors (Lipinski definition) is 0. The Morgan fingerprint density at radius 2 is 2.00 bits per heavy atom. The fourth-order valence-corrected chi connectivity index (χ4v) is 1.68. The van der Waals surface area contributed by atoms with Crippen molar-refractivity contribution in [2.24, 2.45) is 0 Å². The second-order valence-electron chi connectivity index (χ2n) is 4.18. The van der Waals surface area contributed by atoms with Crippen LogP contribution in [0.4, 0.5) is 0 Å². The highest BCUT2D eigenvalue weighted by atomic mass is 16.5. The number of aryl methyl sites for hydroxylation is 1. The van der Waals surface area contributed by atoms with Gasteiger partial charge in [0, 0.05) is 12.8 Å². The molecule has 0 bridgehead atoms. The number of benzene rings is 1. The minimum atomic E-state index is 0.284. The van der Waals surface area contributed by atoms with Gasteiger partial charge in [0.25, 0.3) is 0 Å². The molecule has 1 rings (SSSR count). The predicted octanol–water partition coefficient (Wildman–Crippen LogP) is 3.40. The lowest BCUT2D eigenvalue weighted by Gasteiger charge is -2.11. The predicted molar refractivity (Wildman–Crippen MR) is 72.4 cm³/mol. The molecular weight excluding hydrogens is 228 g/mol. The van der Waals surface area contributed by atoms with E-state index in [1.807, 2.05) is 25.1 Å². The van der Waals surface area contributed by atoms with Crippen LogP contribution in [0.15, 0.2) is 18.2 Å². The van der Waals surface area contributed by atoms with Crippen LogP contribution in [0, 0.1) is 0 Å². The van der Waals surface area contributed by atoms with Crippen molar-refractivity contribution in [2.75, 3.05) is 13.7 Å². The van der Waals surface area contributed by atoms with Gasteiger partial charge in [0.15, 0.2) is 11.5 Å². The Bertz CT molecular complexity index is 385. The van der Waals surface area contributed by atoms with Crippen molar-refractivity contribution in [3.63, 3.8) is 0 Å². The van der Waals surface area contributed by atoms with Crippen LogP contribution in [0.1, 0.15) is 38.7 Å². The molecule has 0 radical (unpaired) electrons. The number of rotatable bonds is 8. The quantitative estimate of drug-likeness (QED) is 0.663. The van der Waals surface area contributed by atoms with Crippen molar-refractivity contribution in [1.29, 1.82) is 0 Å². The van der Waals surface area contributed by atoms with Gasteiger partial charge in [-0.05, 0) is 30.5 Å². The van der Waals surface area contributed by atoms with E-state index in [4.69, 9.17) is 9.47 Å². The first-order chi connectivity index (χ1) is 8.71. The minimum absolute atomic E-state index is 0.284. The van der Waals surface area contributed by atoms with E-state index in [-0.39, 0.29) is 5.78 Å². The Hall–Kier alpha value is -1.51. The Kier molecular flexibility index (Phi) is 6.26. The van der Waals surface area contributed by atoms with Crippen molar-refractivity contribution < 1.29 is 14.3 Å². The van der Waals surface area contributed by atoms with Gasteiger partial charge in [0.2, 0.25) is 0 Å². The molecule has 0 unspecified atom stereocenters. The molecule has 100 valence electrons. The molecular formula is C15H22O3. The monoisotopic (exact) mass is 250 g/mol. The molecule has 1 aromatic rings. The maximum absolute atomic E-state index is 11.1. The Morgan fingerprint density at radius 1 is 1.22 bits per heavy atom. The van der Waals surface area contributed by atoms with Gasteiger partial charge in [-0.15, -0.1) is 0 Å². The van der Waals surface area contributed by atoms with Crippen LogP contribution in [0.2, 0.25) is 0 Å². The summed E-state index contributed by atoms with van der Waals surface area (Å²) < 4.78 is 10.9. The molecule has 0 spiro atoms. The van der Waals surface area contributed by atoms with Gasteiger partial charge in [0.1, 0.15) is 5.78 Å². The minimum Gasteiger partial charge on any atom is -0.493 e. The van der Waals surface area contributed by atoms with Crippen LogP contribution >= 0.6 is 0 Å². The highest BCUT2D eigenvalue weighted by molar-refractivity contribution is 5.77. The van der Waals surface area contributed by atoms with Crippen molar-refractivity contribution >= 4 is 5.78 Å². The maximum Gasteiger partial charge on any atom is 0.161 e. The van der Waals surface area contributed by atoms with Crippen LogP contribution in [-0.4, -0.2) is 19.5 Å². The van der Waals surface area contributed by atoms with Crippen molar-refractivity contribution in [3.05, 3.63) is 23.8 Å². The third-order valence-electron chi connectivity index (χ3n) is 2.89. The number of ether oxygens (including phenoxy) is 2. The molecule has 0 fully saturated rings. The molecule has 0 heterocycles. The van der Waals surface area contributed by atoms with Crippen LogP contribution in [0.3, 0.4) is 0 Å². The zero-order valence-electron chi connectivity index (χ0n) is 11.5. The van der Waals surface area contributed by atoms with E-state index < -0.39 is 0 Å². The van der Waals surface area contributed by atoms with Gasteiger partial charge in [-0.3, -0.25) is 4.79 Å². The highest BCUT2D eigenvalue weighted by Gasteiger charge is 2.05. The lowest BCUT2D eigenvalue weighted by Crippen LogP contribution is -2.03. The third kappa shape index (κ3) is 4.40.